The fourth-order valence-electron chi connectivity index (χ4n) is 1.44. The van der Waals surface area contributed by atoms with Crippen LogP contribution >= 0.6 is 12.6 Å². The molecule has 0 unspecified atom stereocenters. The first kappa shape index (κ1) is 13.6. The number of esters is 1. The van der Waals surface area contributed by atoms with Crippen LogP contribution in [0.2, 0.25) is 0 Å². The lowest BCUT2D eigenvalue weighted by Gasteiger charge is -2.09. The van der Waals surface area contributed by atoms with Gasteiger partial charge in [-0.05, 0) is 18.1 Å². The maximum Gasteiger partial charge on any atom is 0.310 e. The van der Waals surface area contributed by atoms with Crippen LogP contribution < -0.4 is 0 Å². The van der Waals surface area contributed by atoms with Gasteiger partial charge in [-0.25, -0.2) is 0 Å². The lowest BCUT2D eigenvalue weighted by molar-refractivity contribution is -0.142. The molecule has 90 valence electrons. The predicted molar refractivity (Wildman–Crippen MR) is 64.7 cm³/mol. The number of aliphatic hydroxyl groups excluding tert-OH is 1. The second-order valence-corrected chi connectivity index (χ2v) is 3.81. The molecule has 0 amide bonds. The third kappa shape index (κ3) is 3.22. The summed E-state index contributed by atoms with van der Waals surface area (Å²) in [7, 11) is 0. The number of nitrogens with zero attached hydrogens (tertiary/aromatic N) is 1. The minimum Gasteiger partial charge on any atom is -0.466 e. The van der Waals surface area contributed by atoms with Gasteiger partial charge in [0.15, 0.2) is 0 Å². The van der Waals surface area contributed by atoms with Gasteiger partial charge < -0.3 is 9.84 Å². The summed E-state index contributed by atoms with van der Waals surface area (Å²) in [5.41, 5.74) is 1.43. The monoisotopic (exact) mass is 251 g/mol. The summed E-state index contributed by atoms with van der Waals surface area (Å²) in [6.45, 7) is 1.83. The smallest absolute Gasteiger partial charge is 0.310 e. The molecule has 5 heteroatoms. The van der Waals surface area contributed by atoms with Gasteiger partial charge in [-0.15, -0.1) is 12.6 Å². The van der Waals surface area contributed by atoms with Crippen LogP contribution in [0.5, 0.6) is 0 Å². The Kier molecular flexibility index (Phi) is 5.01. The average molecular weight is 251 g/mol. The molecule has 1 aromatic rings. The van der Waals surface area contributed by atoms with Gasteiger partial charge in [0.2, 0.25) is 0 Å². The Morgan fingerprint density at radius 2 is 2.18 bits per heavy atom. The molecule has 0 heterocycles. The van der Waals surface area contributed by atoms with Crippen molar-refractivity contribution in [2.45, 2.75) is 24.8 Å². The van der Waals surface area contributed by atoms with Crippen LogP contribution in [-0.4, -0.2) is 17.7 Å². The molecule has 0 radical (unpaired) electrons. The highest BCUT2D eigenvalue weighted by atomic mass is 32.1. The SMILES string of the molecule is CCOC(=O)Cc1ccc(CO)c(C#N)c1S. The van der Waals surface area contributed by atoms with Crippen molar-refractivity contribution in [2.24, 2.45) is 0 Å². The topological polar surface area (TPSA) is 70.3 Å². The molecule has 0 saturated carbocycles. The quantitative estimate of drug-likeness (QED) is 0.627. The first-order chi connectivity index (χ1) is 8.13. The molecule has 0 saturated heterocycles. The zero-order valence-corrected chi connectivity index (χ0v) is 10.3. The Balaban J connectivity index is 3.04. The van der Waals surface area contributed by atoms with Crippen molar-refractivity contribution in [3.8, 4) is 6.07 Å². The van der Waals surface area contributed by atoms with Crippen molar-refractivity contribution in [1.29, 1.82) is 5.26 Å². The van der Waals surface area contributed by atoms with Crippen molar-refractivity contribution in [2.75, 3.05) is 6.61 Å². The minimum atomic E-state index is -0.358. The van der Waals surface area contributed by atoms with Gasteiger partial charge in [0.25, 0.3) is 0 Å². The molecule has 0 fully saturated rings. The van der Waals surface area contributed by atoms with Gasteiger partial charge in [0, 0.05) is 4.90 Å². The van der Waals surface area contributed by atoms with Crippen LogP contribution in [0.25, 0.3) is 0 Å². The van der Waals surface area contributed by atoms with Gasteiger partial charge in [-0.3, -0.25) is 4.79 Å². The fraction of sp³-hybridized carbons (Fsp3) is 0.333. The van der Waals surface area contributed by atoms with Gasteiger partial charge in [-0.2, -0.15) is 5.26 Å². The van der Waals surface area contributed by atoms with E-state index in [0.717, 1.165) is 0 Å². The summed E-state index contributed by atoms with van der Waals surface area (Å²) in [6, 6.07) is 5.26. The number of hydrogen-bond acceptors (Lipinski definition) is 5. The summed E-state index contributed by atoms with van der Waals surface area (Å²) in [6.07, 6.45) is 0.0765. The second-order valence-electron chi connectivity index (χ2n) is 3.36. The van der Waals surface area contributed by atoms with E-state index in [-0.39, 0.29) is 19.0 Å². The van der Waals surface area contributed by atoms with Crippen molar-refractivity contribution >= 4 is 18.6 Å². The highest BCUT2D eigenvalue weighted by molar-refractivity contribution is 7.80. The Hall–Kier alpha value is -1.51. The number of aliphatic hydroxyl groups is 1. The van der Waals surface area contributed by atoms with Crippen LogP contribution in [0.4, 0.5) is 0 Å². The Labute approximate surface area is 105 Å². The van der Waals surface area contributed by atoms with Gasteiger partial charge in [-0.1, -0.05) is 12.1 Å². The summed E-state index contributed by atoms with van der Waals surface area (Å²) in [5.74, 6) is -0.358. The number of carbonyl (C=O) groups is 1. The number of thiol groups is 1. The molecule has 0 aliphatic carbocycles. The van der Waals surface area contributed by atoms with Gasteiger partial charge in [0.1, 0.15) is 6.07 Å². The lowest BCUT2D eigenvalue weighted by Crippen LogP contribution is -2.09. The summed E-state index contributed by atoms with van der Waals surface area (Å²) in [5, 5.41) is 18.0. The molecular weight excluding hydrogens is 238 g/mol. The molecule has 1 aromatic carbocycles. The molecular formula is C12H13NO3S. The van der Waals surface area contributed by atoms with E-state index in [9.17, 15) is 4.79 Å². The maximum atomic E-state index is 11.3. The van der Waals surface area contributed by atoms with Crippen LogP contribution in [0.1, 0.15) is 23.6 Å². The van der Waals surface area contributed by atoms with E-state index in [1.807, 2.05) is 6.07 Å². The summed E-state index contributed by atoms with van der Waals surface area (Å²) >= 11 is 4.22. The number of rotatable bonds is 4. The van der Waals surface area contributed by atoms with E-state index in [1.54, 1.807) is 19.1 Å². The first-order valence-electron chi connectivity index (χ1n) is 5.14. The Bertz CT molecular complexity index is 466. The normalized spacial score (nSPS) is 9.76. The van der Waals surface area contributed by atoms with E-state index in [2.05, 4.69) is 12.6 Å². The third-order valence-electron chi connectivity index (χ3n) is 2.27. The Morgan fingerprint density at radius 1 is 1.53 bits per heavy atom. The Morgan fingerprint density at radius 3 is 2.71 bits per heavy atom. The number of nitriles is 1. The molecule has 1 N–H and O–H groups in total. The predicted octanol–water partition coefficient (Wildman–Crippen LogP) is 1.44. The molecule has 0 spiro atoms. The number of hydrogen-bond donors (Lipinski definition) is 2. The van der Waals surface area contributed by atoms with Crippen molar-refractivity contribution in [3.63, 3.8) is 0 Å². The van der Waals surface area contributed by atoms with Crippen LogP contribution in [0.3, 0.4) is 0 Å². The zero-order chi connectivity index (χ0) is 12.8. The number of ether oxygens (including phenoxy) is 1. The van der Waals surface area contributed by atoms with Crippen molar-refractivity contribution in [3.05, 3.63) is 28.8 Å². The van der Waals surface area contributed by atoms with E-state index in [1.165, 1.54) is 0 Å². The highest BCUT2D eigenvalue weighted by Gasteiger charge is 2.13. The van der Waals surface area contributed by atoms with E-state index >= 15 is 0 Å². The highest BCUT2D eigenvalue weighted by Crippen LogP contribution is 2.23. The van der Waals surface area contributed by atoms with E-state index < -0.39 is 0 Å². The van der Waals surface area contributed by atoms with E-state index in [4.69, 9.17) is 15.1 Å². The zero-order valence-electron chi connectivity index (χ0n) is 9.43. The van der Waals surface area contributed by atoms with Crippen molar-refractivity contribution < 1.29 is 14.6 Å². The molecule has 0 aliphatic heterocycles. The number of carbonyl (C=O) groups excluding carboxylic acids is 1. The summed E-state index contributed by atoms with van der Waals surface area (Å²) in [4.78, 5) is 11.8. The molecule has 0 atom stereocenters. The molecule has 0 aromatic heterocycles. The second kappa shape index (κ2) is 6.28. The van der Waals surface area contributed by atoms with E-state index in [0.29, 0.717) is 28.2 Å². The van der Waals surface area contributed by atoms with Crippen LogP contribution in [0, 0.1) is 11.3 Å². The largest absolute Gasteiger partial charge is 0.466 e. The maximum absolute atomic E-state index is 11.3. The van der Waals surface area contributed by atoms with Crippen LogP contribution in [-0.2, 0) is 22.6 Å². The molecule has 4 nitrogen and oxygen atoms in total. The molecule has 1 rings (SSSR count). The van der Waals surface area contributed by atoms with Gasteiger partial charge in [0.05, 0.1) is 25.2 Å². The summed E-state index contributed by atoms with van der Waals surface area (Å²) < 4.78 is 4.83. The molecule has 0 bridgehead atoms. The average Bonchev–Trinajstić information content (AvgIpc) is 2.31. The van der Waals surface area contributed by atoms with Crippen molar-refractivity contribution in [1.82, 2.24) is 0 Å². The molecule has 0 aliphatic rings. The molecule has 17 heavy (non-hydrogen) atoms. The number of benzene rings is 1. The first-order valence-corrected chi connectivity index (χ1v) is 5.59. The lowest BCUT2D eigenvalue weighted by atomic mass is 10.0. The van der Waals surface area contributed by atoms with Crippen LogP contribution in [0.15, 0.2) is 17.0 Å². The minimum absolute atomic E-state index is 0.0765. The third-order valence-corrected chi connectivity index (χ3v) is 2.78. The van der Waals surface area contributed by atoms with Gasteiger partial charge >= 0.3 is 5.97 Å². The fourth-order valence-corrected chi connectivity index (χ4v) is 1.79. The standard InChI is InChI=1S/C12H13NO3S/c1-2-16-11(15)5-8-3-4-9(7-14)10(6-13)12(8)17/h3-4,14,17H,2,5,7H2,1H3.